The molecule has 0 amide bonds. The van der Waals surface area contributed by atoms with Gasteiger partial charge in [0.05, 0.1) is 48.2 Å². The number of nitrogens with zero attached hydrogens (tertiary/aromatic N) is 2. The van der Waals surface area contributed by atoms with Crippen LogP contribution in [0.2, 0.25) is 0 Å². The molecule has 0 fully saturated rings. The van der Waals surface area contributed by atoms with Crippen LogP contribution in [0.1, 0.15) is 31.0 Å². The molecule has 194 valence electrons. The minimum absolute atomic E-state index is 0.0394. The van der Waals surface area contributed by atoms with Crippen LogP contribution in [-0.4, -0.2) is 43.6 Å². The fourth-order valence-electron chi connectivity index (χ4n) is 4.11. The van der Waals surface area contributed by atoms with Crippen LogP contribution in [-0.2, 0) is 9.53 Å². The lowest BCUT2D eigenvalue weighted by atomic mass is 9.95. The number of esters is 1. The summed E-state index contributed by atoms with van der Waals surface area (Å²) >= 11 is 4.50. The molecule has 3 aromatic rings. The zero-order chi connectivity index (χ0) is 26.9. The van der Waals surface area contributed by atoms with Crippen LogP contribution in [0.15, 0.2) is 55.9 Å². The van der Waals surface area contributed by atoms with Gasteiger partial charge in [0.15, 0.2) is 16.3 Å². The van der Waals surface area contributed by atoms with Gasteiger partial charge in [0.25, 0.3) is 5.56 Å². The topological polar surface area (TPSA) is 109 Å². The quantitative estimate of drug-likeness (QED) is 0.422. The second kappa shape index (κ2) is 10.8. The highest BCUT2D eigenvalue weighted by atomic mass is 79.9. The van der Waals surface area contributed by atoms with Crippen molar-refractivity contribution in [2.75, 3.05) is 27.9 Å². The normalized spacial score (nSPS) is 15.2. The first-order valence-electron chi connectivity index (χ1n) is 11.2. The average molecular weight is 589 g/mol. The molecule has 9 nitrogen and oxygen atoms in total. The molecule has 1 aliphatic heterocycles. The molecule has 1 atom stereocenters. The molecule has 0 spiro atoms. The third-order valence-corrected chi connectivity index (χ3v) is 7.41. The summed E-state index contributed by atoms with van der Waals surface area (Å²) in [5, 5.41) is 10.1. The van der Waals surface area contributed by atoms with E-state index in [2.05, 4.69) is 20.9 Å². The summed E-state index contributed by atoms with van der Waals surface area (Å²) in [6.45, 7) is 3.61. The molecule has 37 heavy (non-hydrogen) atoms. The number of hydrogen-bond donors (Lipinski definition) is 1. The Labute approximate surface area is 225 Å². The number of halogens is 1. The van der Waals surface area contributed by atoms with Crippen LogP contribution in [0.25, 0.3) is 6.08 Å². The predicted octanol–water partition coefficient (Wildman–Crippen LogP) is 3.29. The molecule has 2 heterocycles. The number of fused-ring (bicyclic) bond motifs is 1. The summed E-state index contributed by atoms with van der Waals surface area (Å²) in [6, 6.07) is 7.67. The van der Waals surface area contributed by atoms with E-state index in [-0.39, 0.29) is 29.2 Å². The molecule has 1 N–H and O–H groups in total. The Morgan fingerprint density at radius 2 is 1.89 bits per heavy atom. The lowest BCUT2D eigenvalue weighted by Crippen LogP contribution is -2.40. The summed E-state index contributed by atoms with van der Waals surface area (Å²) in [4.78, 5) is 31.9. The van der Waals surface area contributed by atoms with E-state index in [4.69, 9.17) is 18.9 Å². The molecule has 0 aliphatic carbocycles. The van der Waals surface area contributed by atoms with E-state index in [1.54, 1.807) is 57.4 Å². The smallest absolute Gasteiger partial charge is 0.338 e. The number of ether oxygens (including phenoxy) is 4. The predicted molar refractivity (Wildman–Crippen MR) is 142 cm³/mol. The number of carbonyl (C=O) groups is 1. The van der Waals surface area contributed by atoms with Gasteiger partial charge in [-0.05, 0) is 65.7 Å². The number of benzene rings is 2. The standard InChI is InChI=1S/C26H25BrN2O7S/c1-6-36-25(32)21-13(2)28-26-29(22(21)16-8-7-15(33-3)12-18(16)34-4)24(31)20(37-26)11-14-9-17(27)23(30)19(10-14)35-5/h7-12,22,30H,6H2,1-5H3/b20-11-/t22-/m0/s1. The van der Waals surface area contributed by atoms with E-state index in [9.17, 15) is 14.7 Å². The van der Waals surface area contributed by atoms with Crippen LogP contribution >= 0.6 is 27.3 Å². The summed E-state index contributed by atoms with van der Waals surface area (Å²) in [5.41, 5.74) is 1.57. The maximum absolute atomic E-state index is 13.8. The number of methoxy groups -OCH3 is 3. The number of aromatic nitrogens is 1. The minimum Gasteiger partial charge on any atom is -0.503 e. The Bertz CT molecular complexity index is 1590. The first kappa shape index (κ1) is 26.5. The number of hydrogen-bond acceptors (Lipinski definition) is 9. The van der Waals surface area contributed by atoms with Crippen molar-refractivity contribution >= 4 is 39.3 Å². The molecule has 4 rings (SSSR count). The maximum atomic E-state index is 13.8. The zero-order valence-electron chi connectivity index (χ0n) is 20.8. The Morgan fingerprint density at radius 1 is 1.16 bits per heavy atom. The summed E-state index contributed by atoms with van der Waals surface area (Å²) < 4.78 is 23.8. The summed E-state index contributed by atoms with van der Waals surface area (Å²) in [7, 11) is 4.50. The molecule has 11 heteroatoms. The fourth-order valence-corrected chi connectivity index (χ4v) is 5.62. The molecule has 1 aromatic heterocycles. The number of thiazole rings is 1. The molecular formula is C26H25BrN2O7S. The Hall–Kier alpha value is -3.57. The van der Waals surface area contributed by atoms with E-state index < -0.39 is 12.0 Å². The van der Waals surface area contributed by atoms with Gasteiger partial charge in [-0.1, -0.05) is 11.3 Å². The van der Waals surface area contributed by atoms with Crippen molar-refractivity contribution in [1.82, 2.24) is 4.57 Å². The largest absolute Gasteiger partial charge is 0.503 e. The Kier molecular flexibility index (Phi) is 7.74. The fraction of sp³-hybridized carbons (Fsp3) is 0.269. The molecular weight excluding hydrogens is 564 g/mol. The minimum atomic E-state index is -0.834. The van der Waals surface area contributed by atoms with Gasteiger partial charge in [0.1, 0.15) is 17.5 Å². The number of carbonyl (C=O) groups excluding carboxylic acids is 1. The lowest BCUT2D eigenvalue weighted by molar-refractivity contribution is -0.139. The number of rotatable bonds is 7. The maximum Gasteiger partial charge on any atom is 0.338 e. The van der Waals surface area contributed by atoms with E-state index in [0.717, 1.165) is 0 Å². The Morgan fingerprint density at radius 3 is 2.54 bits per heavy atom. The van der Waals surface area contributed by atoms with E-state index in [1.165, 1.54) is 30.1 Å². The van der Waals surface area contributed by atoms with Crippen molar-refractivity contribution in [3.63, 3.8) is 0 Å². The SMILES string of the molecule is CCOC(=O)C1=C(C)N=c2s/c(=C\c3cc(Br)c(O)c(OC)c3)c(=O)n2[C@H]1c1ccc(OC)cc1OC. The molecule has 1 aliphatic rings. The molecule has 0 unspecified atom stereocenters. The summed E-state index contributed by atoms with van der Waals surface area (Å²) in [6.07, 6.45) is 1.68. The summed E-state index contributed by atoms with van der Waals surface area (Å²) in [5.74, 6) is 0.672. The van der Waals surface area contributed by atoms with Crippen molar-refractivity contribution in [1.29, 1.82) is 0 Å². The van der Waals surface area contributed by atoms with Crippen LogP contribution in [0.4, 0.5) is 0 Å². The van der Waals surface area contributed by atoms with Crippen LogP contribution in [0.3, 0.4) is 0 Å². The highest BCUT2D eigenvalue weighted by Gasteiger charge is 2.35. The van der Waals surface area contributed by atoms with Gasteiger partial charge in [-0.3, -0.25) is 9.36 Å². The second-order valence-electron chi connectivity index (χ2n) is 7.96. The lowest BCUT2D eigenvalue weighted by Gasteiger charge is -2.26. The van der Waals surface area contributed by atoms with Crippen molar-refractivity contribution in [3.8, 4) is 23.0 Å². The average Bonchev–Trinajstić information content (AvgIpc) is 3.18. The van der Waals surface area contributed by atoms with Crippen LogP contribution < -0.4 is 29.1 Å². The molecule has 0 saturated heterocycles. The van der Waals surface area contributed by atoms with Gasteiger partial charge in [-0.25, -0.2) is 9.79 Å². The van der Waals surface area contributed by atoms with Gasteiger partial charge >= 0.3 is 5.97 Å². The number of aromatic hydroxyl groups is 1. The van der Waals surface area contributed by atoms with Crippen molar-refractivity contribution in [3.05, 3.63) is 76.9 Å². The Balaban J connectivity index is 1.99. The molecule has 0 radical (unpaired) electrons. The van der Waals surface area contributed by atoms with E-state index in [1.807, 2.05) is 0 Å². The monoisotopic (exact) mass is 588 g/mol. The van der Waals surface area contributed by atoms with Crippen LogP contribution in [0.5, 0.6) is 23.0 Å². The number of allylic oxidation sites excluding steroid dienone is 1. The van der Waals surface area contributed by atoms with Gasteiger partial charge in [0, 0.05) is 11.6 Å². The van der Waals surface area contributed by atoms with Gasteiger partial charge in [-0.2, -0.15) is 0 Å². The highest BCUT2D eigenvalue weighted by molar-refractivity contribution is 9.10. The van der Waals surface area contributed by atoms with E-state index >= 15 is 0 Å². The van der Waals surface area contributed by atoms with Gasteiger partial charge < -0.3 is 24.1 Å². The van der Waals surface area contributed by atoms with Crippen molar-refractivity contribution in [2.45, 2.75) is 19.9 Å². The zero-order valence-corrected chi connectivity index (χ0v) is 23.2. The first-order chi connectivity index (χ1) is 17.7. The van der Waals surface area contributed by atoms with Crippen molar-refractivity contribution < 1.29 is 28.8 Å². The first-order valence-corrected chi connectivity index (χ1v) is 12.8. The van der Waals surface area contributed by atoms with Crippen LogP contribution in [0, 0.1) is 0 Å². The highest BCUT2D eigenvalue weighted by Crippen LogP contribution is 2.38. The van der Waals surface area contributed by atoms with Crippen molar-refractivity contribution in [2.24, 2.45) is 4.99 Å². The number of phenols is 1. The second-order valence-corrected chi connectivity index (χ2v) is 9.83. The molecule has 0 bridgehead atoms. The van der Waals surface area contributed by atoms with E-state index in [0.29, 0.717) is 42.1 Å². The third-order valence-electron chi connectivity index (χ3n) is 5.82. The molecule has 0 saturated carbocycles. The number of phenolic OH excluding ortho intramolecular Hbond substituents is 1. The third kappa shape index (κ3) is 4.88. The van der Waals surface area contributed by atoms with Gasteiger partial charge in [0.2, 0.25) is 0 Å². The van der Waals surface area contributed by atoms with Gasteiger partial charge in [-0.15, -0.1) is 0 Å². The molecule has 2 aromatic carbocycles.